The van der Waals surface area contributed by atoms with Crippen molar-refractivity contribution in [2.45, 2.75) is 30.8 Å². The van der Waals surface area contributed by atoms with E-state index in [1.54, 1.807) is 37.3 Å². The molecule has 12 heteroatoms. The Bertz CT molecular complexity index is 1420. The molecule has 0 heterocycles. The average Bonchev–Trinajstić information content (AvgIpc) is 2.92. The largest absolute Gasteiger partial charge is 0.357 e. The second-order valence-corrected chi connectivity index (χ2v) is 10.5. The maximum atomic E-state index is 13.8. The van der Waals surface area contributed by atoms with Gasteiger partial charge in [0, 0.05) is 30.7 Å². The summed E-state index contributed by atoms with van der Waals surface area (Å²) in [7, 11) is -2.88. The highest BCUT2D eigenvalue weighted by Gasteiger charge is 2.34. The SMILES string of the molecule is CC[C@H](C(=O)NC)N(Cc1ccccc1Cl)C(=O)CN(c1cccc([N+](=O)[O-])c1)S(=O)(=O)c1ccccc1. The molecule has 38 heavy (non-hydrogen) atoms. The van der Waals surface area contributed by atoms with Crippen molar-refractivity contribution in [2.75, 3.05) is 17.9 Å². The number of likely N-dealkylation sites (N-methyl/N-ethyl adjacent to an activating group) is 1. The number of nitrogens with one attached hydrogen (secondary N) is 1. The highest BCUT2D eigenvalue weighted by atomic mass is 35.5. The number of nitro groups is 1. The molecule has 3 aromatic rings. The molecule has 0 unspecified atom stereocenters. The van der Waals surface area contributed by atoms with Gasteiger partial charge in [0.25, 0.3) is 15.7 Å². The molecule has 10 nitrogen and oxygen atoms in total. The molecule has 0 aliphatic rings. The van der Waals surface area contributed by atoms with Gasteiger partial charge in [-0.05, 0) is 36.2 Å². The number of rotatable bonds is 11. The van der Waals surface area contributed by atoms with Gasteiger partial charge in [-0.15, -0.1) is 0 Å². The smallest absolute Gasteiger partial charge is 0.271 e. The summed E-state index contributed by atoms with van der Waals surface area (Å²) < 4.78 is 28.2. The summed E-state index contributed by atoms with van der Waals surface area (Å²) in [4.78, 5) is 38.5. The summed E-state index contributed by atoms with van der Waals surface area (Å²) in [5, 5.41) is 14.3. The first-order valence-electron chi connectivity index (χ1n) is 11.7. The molecule has 2 amide bonds. The number of sulfonamides is 1. The van der Waals surface area contributed by atoms with E-state index in [9.17, 15) is 28.1 Å². The van der Waals surface area contributed by atoms with Crippen LogP contribution in [0, 0.1) is 10.1 Å². The molecule has 0 spiro atoms. The third kappa shape index (κ3) is 6.48. The zero-order valence-corrected chi connectivity index (χ0v) is 22.4. The molecule has 3 rings (SSSR count). The van der Waals surface area contributed by atoms with E-state index in [0.29, 0.717) is 10.6 Å². The van der Waals surface area contributed by atoms with Gasteiger partial charge in [-0.1, -0.05) is 61.0 Å². The number of nitrogens with zero attached hydrogens (tertiary/aromatic N) is 3. The van der Waals surface area contributed by atoms with Gasteiger partial charge >= 0.3 is 0 Å². The van der Waals surface area contributed by atoms with Gasteiger partial charge in [0.1, 0.15) is 12.6 Å². The minimum atomic E-state index is -4.33. The van der Waals surface area contributed by atoms with Crippen molar-refractivity contribution in [3.8, 4) is 0 Å². The number of carbonyl (C=O) groups excluding carboxylic acids is 2. The lowest BCUT2D eigenvalue weighted by atomic mass is 10.1. The molecule has 0 aliphatic carbocycles. The molecule has 0 bridgehead atoms. The number of hydrogen-bond acceptors (Lipinski definition) is 6. The van der Waals surface area contributed by atoms with Crippen LogP contribution in [0.1, 0.15) is 18.9 Å². The standard InChI is InChI=1S/C26H27ClN4O6S/c1-3-24(26(33)28-2)29(17-19-10-7-8-15-23(19)27)25(32)18-30(20-11-9-12-21(16-20)31(34)35)38(36,37)22-13-5-4-6-14-22/h4-16,24H,3,17-18H2,1-2H3,(H,28,33)/t24-/m1/s1. The van der Waals surface area contributed by atoms with Crippen LogP contribution in [0.15, 0.2) is 83.8 Å². The van der Waals surface area contributed by atoms with Gasteiger partial charge in [-0.3, -0.25) is 24.0 Å². The topological polar surface area (TPSA) is 130 Å². The zero-order valence-electron chi connectivity index (χ0n) is 20.8. The van der Waals surface area contributed by atoms with Gasteiger partial charge < -0.3 is 10.2 Å². The van der Waals surface area contributed by atoms with Crippen molar-refractivity contribution in [1.82, 2.24) is 10.2 Å². The predicted molar refractivity (Wildman–Crippen MR) is 144 cm³/mol. The summed E-state index contributed by atoms with van der Waals surface area (Å²) in [6, 6.07) is 18.3. The minimum Gasteiger partial charge on any atom is -0.357 e. The van der Waals surface area contributed by atoms with E-state index < -0.39 is 39.3 Å². The summed E-state index contributed by atoms with van der Waals surface area (Å²) in [6.45, 7) is 0.959. The monoisotopic (exact) mass is 558 g/mol. The van der Waals surface area contributed by atoms with Crippen LogP contribution in [0.25, 0.3) is 0 Å². The number of carbonyl (C=O) groups is 2. The van der Waals surface area contributed by atoms with E-state index in [1.807, 2.05) is 0 Å². The Morgan fingerprint density at radius 3 is 2.29 bits per heavy atom. The second-order valence-electron chi connectivity index (χ2n) is 8.25. The number of benzene rings is 3. The fraction of sp³-hybridized carbons (Fsp3) is 0.231. The summed E-state index contributed by atoms with van der Waals surface area (Å²) in [5.41, 5.74) is 0.160. The maximum Gasteiger partial charge on any atom is 0.271 e. The number of halogens is 1. The van der Waals surface area contributed by atoms with Crippen LogP contribution in [-0.2, 0) is 26.2 Å². The summed E-state index contributed by atoms with van der Waals surface area (Å²) >= 11 is 6.33. The van der Waals surface area contributed by atoms with Crippen LogP contribution in [0.5, 0.6) is 0 Å². The van der Waals surface area contributed by atoms with Crippen molar-refractivity contribution in [2.24, 2.45) is 0 Å². The van der Waals surface area contributed by atoms with Gasteiger partial charge in [0.05, 0.1) is 15.5 Å². The second kappa shape index (κ2) is 12.5. The Morgan fingerprint density at radius 2 is 1.68 bits per heavy atom. The fourth-order valence-corrected chi connectivity index (χ4v) is 5.53. The summed E-state index contributed by atoms with van der Waals surface area (Å²) in [5.74, 6) is -1.12. The van der Waals surface area contributed by atoms with E-state index in [2.05, 4.69) is 5.32 Å². The molecule has 1 atom stereocenters. The third-order valence-electron chi connectivity index (χ3n) is 5.87. The van der Waals surface area contributed by atoms with Crippen molar-refractivity contribution < 1.29 is 22.9 Å². The minimum absolute atomic E-state index is 0.0569. The van der Waals surface area contributed by atoms with Crippen LogP contribution in [0.4, 0.5) is 11.4 Å². The van der Waals surface area contributed by atoms with Gasteiger partial charge in [-0.2, -0.15) is 0 Å². The Labute approximate surface area is 226 Å². The van der Waals surface area contributed by atoms with Crippen LogP contribution in [0.2, 0.25) is 5.02 Å². The molecule has 200 valence electrons. The van der Waals surface area contributed by atoms with E-state index in [-0.39, 0.29) is 29.2 Å². The Balaban J connectivity index is 2.10. The van der Waals surface area contributed by atoms with Crippen LogP contribution in [0.3, 0.4) is 0 Å². The Kier molecular flexibility index (Phi) is 9.43. The van der Waals surface area contributed by atoms with E-state index in [4.69, 9.17) is 11.6 Å². The van der Waals surface area contributed by atoms with Crippen molar-refractivity contribution in [3.05, 3.63) is 99.6 Å². The average molecular weight is 559 g/mol. The van der Waals surface area contributed by atoms with Crippen LogP contribution in [-0.4, -0.2) is 49.7 Å². The Morgan fingerprint density at radius 1 is 1.03 bits per heavy atom. The molecule has 0 saturated heterocycles. The zero-order chi connectivity index (χ0) is 27.9. The lowest BCUT2D eigenvalue weighted by Crippen LogP contribution is -2.51. The van der Waals surface area contributed by atoms with Gasteiger partial charge in [0.2, 0.25) is 11.8 Å². The predicted octanol–water partition coefficient (Wildman–Crippen LogP) is 4.00. The number of nitro benzene ring substituents is 1. The third-order valence-corrected chi connectivity index (χ3v) is 8.03. The van der Waals surface area contributed by atoms with Crippen LogP contribution < -0.4 is 9.62 Å². The lowest BCUT2D eigenvalue weighted by molar-refractivity contribution is -0.384. The molecule has 0 fully saturated rings. The van der Waals surface area contributed by atoms with E-state index in [0.717, 1.165) is 10.4 Å². The first kappa shape index (κ1) is 28.6. The molecule has 0 aliphatic heterocycles. The first-order valence-corrected chi connectivity index (χ1v) is 13.5. The molecule has 3 aromatic carbocycles. The van der Waals surface area contributed by atoms with Gasteiger partial charge in [0.15, 0.2) is 0 Å². The van der Waals surface area contributed by atoms with Crippen molar-refractivity contribution >= 4 is 44.8 Å². The number of amides is 2. The summed E-state index contributed by atoms with van der Waals surface area (Å²) in [6.07, 6.45) is 0.248. The maximum absolute atomic E-state index is 13.8. The highest BCUT2D eigenvalue weighted by molar-refractivity contribution is 7.92. The van der Waals surface area contributed by atoms with Crippen LogP contribution >= 0.6 is 11.6 Å². The van der Waals surface area contributed by atoms with Gasteiger partial charge in [-0.25, -0.2) is 8.42 Å². The normalized spacial score (nSPS) is 11.9. The Hall–Kier alpha value is -3.96. The lowest BCUT2D eigenvalue weighted by Gasteiger charge is -2.33. The van der Waals surface area contributed by atoms with E-state index in [1.165, 1.54) is 54.4 Å². The van der Waals surface area contributed by atoms with Crippen molar-refractivity contribution in [3.63, 3.8) is 0 Å². The fourth-order valence-electron chi connectivity index (χ4n) is 3.91. The molecule has 1 N–H and O–H groups in total. The number of non-ortho nitro benzene ring substituents is 1. The quantitative estimate of drug-likeness (QED) is 0.280. The molecule has 0 aromatic heterocycles. The molecular weight excluding hydrogens is 532 g/mol. The number of anilines is 1. The first-order chi connectivity index (χ1) is 18.1. The number of hydrogen-bond donors (Lipinski definition) is 1. The molecule has 0 radical (unpaired) electrons. The van der Waals surface area contributed by atoms with E-state index >= 15 is 0 Å². The molecular formula is C26H27ClN4O6S. The van der Waals surface area contributed by atoms with Crippen molar-refractivity contribution in [1.29, 1.82) is 0 Å². The highest BCUT2D eigenvalue weighted by Crippen LogP contribution is 2.28. The molecule has 0 saturated carbocycles.